The van der Waals surface area contributed by atoms with Crippen LogP contribution < -0.4 is 0 Å². The molecule has 162 valence electrons. The van der Waals surface area contributed by atoms with E-state index in [1.165, 1.54) is 47.4 Å². The van der Waals surface area contributed by atoms with Crippen LogP contribution in [0.2, 0.25) is 0 Å². The van der Waals surface area contributed by atoms with Gasteiger partial charge >= 0.3 is 0 Å². The zero-order chi connectivity index (χ0) is 21.7. The van der Waals surface area contributed by atoms with Gasteiger partial charge in [0.05, 0.1) is 17.6 Å². The van der Waals surface area contributed by atoms with Crippen molar-refractivity contribution in [3.05, 3.63) is 51.8 Å². The first-order valence-corrected chi connectivity index (χ1v) is 12.5. The molecule has 2 aromatic rings. The standard InChI is InChI=1S/C24H31NO4S/c1-15-9-17-5-4-6-20(17)22(21(15)10-16-7-8-16)12-19(26)14-30(25,28)23-11-18(13-29-23)24(2,3)27/h9,11,13,16,25,27H,4-8,10,12,14H2,1-3H3. The molecular formula is C24H31NO4S. The van der Waals surface area contributed by atoms with Crippen molar-refractivity contribution < 1.29 is 18.5 Å². The van der Waals surface area contributed by atoms with Gasteiger partial charge in [-0.1, -0.05) is 6.07 Å². The lowest BCUT2D eigenvalue weighted by molar-refractivity contribution is -0.116. The highest BCUT2D eigenvalue weighted by Gasteiger charge is 2.29. The van der Waals surface area contributed by atoms with Crippen molar-refractivity contribution in [1.29, 1.82) is 4.78 Å². The summed E-state index contributed by atoms with van der Waals surface area (Å²) in [4.78, 5) is 13.0. The minimum absolute atomic E-state index is 0.0411. The molecule has 0 saturated heterocycles. The summed E-state index contributed by atoms with van der Waals surface area (Å²) >= 11 is 0. The molecule has 2 N–H and O–H groups in total. The number of aliphatic hydroxyl groups is 1. The van der Waals surface area contributed by atoms with E-state index in [9.17, 15) is 14.1 Å². The summed E-state index contributed by atoms with van der Waals surface area (Å²) in [6.07, 6.45) is 8.26. The van der Waals surface area contributed by atoms with Crippen LogP contribution in [0.25, 0.3) is 0 Å². The number of nitrogens with one attached hydrogen (secondary N) is 1. The molecule has 30 heavy (non-hydrogen) atoms. The van der Waals surface area contributed by atoms with Crippen molar-refractivity contribution in [2.75, 3.05) is 5.75 Å². The van der Waals surface area contributed by atoms with Crippen molar-refractivity contribution >= 4 is 15.5 Å². The van der Waals surface area contributed by atoms with E-state index >= 15 is 0 Å². The summed E-state index contributed by atoms with van der Waals surface area (Å²) in [7, 11) is -3.39. The van der Waals surface area contributed by atoms with E-state index in [0.717, 1.165) is 37.2 Å². The lowest BCUT2D eigenvalue weighted by Gasteiger charge is -2.18. The number of Topliss-reactive ketones (excluding diaryl/α,β-unsaturated/α-hetero) is 1. The van der Waals surface area contributed by atoms with Crippen molar-refractivity contribution in [3.8, 4) is 0 Å². The molecule has 0 amide bonds. The second-order valence-corrected chi connectivity index (χ2v) is 11.6. The van der Waals surface area contributed by atoms with Gasteiger partial charge in [-0.05, 0) is 93.0 Å². The van der Waals surface area contributed by atoms with E-state index in [4.69, 9.17) is 9.20 Å². The van der Waals surface area contributed by atoms with Gasteiger partial charge in [0.1, 0.15) is 9.73 Å². The first-order valence-electron chi connectivity index (χ1n) is 10.8. The Bertz CT molecular complexity index is 1090. The molecule has 1 fully saturated rings. The maximum atomic E-state index is 13.0. The van der Waals surface area contributed by atoms with E-state index in [1.54, 1.807) is 13.8 Å². The van der Waals surface area contributed by atoms with Gasteiger partial charge in [0.15, 0.2) is 10.9 Å². The van der Waals surface area contributed by atoms with Crippen LogP contribution in [0, 0.1) is 17.6 Å². The van der Waals surface area contributed by atoms with E-state index in [2.05, 4.69) is 13.0 Å². The molecule has 1 saturated carbocycles. The highest BCUT2D eigenvalue weighted by molar-refractivity contribution is 7.93. The molecule has 1 heterocycles. The van der Waals surface area contributed by atoms with Crippen LogP contribution >= 0.6 is 0 Å². The Morgan fingerprint density at radius 3 is 2.63 bits per heavy atom. The van der Waals surface area contributed by atoms with Crippen LogP contribution in [0.3, 0.4) is 0 Å². The first kappa shape index (κ1) is 21.3. The summed E-state index contributed by atoms with van der Waals surface area (Å²) in [6, 6.07) is 3.73. The molecule has 1 atom stereocenters. The highest BCUT2D eigenvalue weighted by atomic mass is 32.2. The van der Waals surface area contributed by atoms with Gasteiger partial charge in [0.2, 0.25) is 0 Å². The summed E-state index contributed by atoms with van der Waals surface area (Å²) in [5, 5.41) is 10.0. The Balaban J connectivity index is 1.57. The number of aryl methyl sites for hydroxylation is 2. The van der Waals surface area contributed by atoms with E-state index in [0.29, 0.717) is 5.56 Å². The van der Waals surface area contributed by atoms with Crippen LogP contribution in [0.4, 0.5) is 0 Å². The van der Waals surface area contributed by atoms with Gasteiger partial charge in [0, 0.05) is 18.1 Å². The van der Waals surface area contributed by atoms with Crippen molar-refractivity contribution in [3.63, 3.8) is 0 Å². The topological polar surface area (TPSA) is 91.4 Å². The maximum Gasteiger partial charge on any atom is 0.199 e. The highest BCUT2D eigenvalue weighted by Crippen LogP contribution is 2.38. The number of fused-ring (bicyclic) bond motifs is 1. The molecule has 1 aromatic carbocycles. The fraction of sp³-hybridized carbons (Fsp3) is 0.542. The Morgan fingerprint density at radius 1 is 1.27 bits per heavy atom. The maximum absolute atomic E-state index is 13.0. The molecule has 1 aromatic heterocycles. The normalized spacial score (nSPS) is 18.3. The smallest absolute Gasteiger partial charge is 0.199 e. The van der Waals surface area contributed by atoms with Crippen molar-refractivity contribution in [1.82, 2.24) is 0 Å². The second kappa shape index (κ2) is 7.65. The summed E-state index contributed by atoms with van der Waals surface area (Å²) in [5.74, 6) is 0.172. The van der Waals surface area contributed by atoms with Gasteiger partial charge < -0.3 is 9.52 Å². The average Bonchev–Trinajstić information content (AvgIpc) is 3.10. The van der Waals surface area contributed by atoms with Crippen LogP contribution in [-0.4, -0.2) is 20.9 Å². The Morgan fingerprint density at radius 2 is 2.00 bits per heavy atom. The van der Waals surface area contributed by atoms with Crippen molar-refractivity contribution in [2.45, 2.75) is 76.4 Å². The Hall–Kier alpha value is -1.92. The number of hydrogen-bond acceptors (Lipinski definition) is 5. The third-order valence-electron chi connectivity index (χ3n) is 6.39. The fourth-order valence-corrected chi connectivity index (χ4v) is 5.72. The zero-order valence-corrected chi connectivity index (χ0v) is 18.9. The van der Waals surface area contributed by atoms with E-state index in [1.807, 2.05) is 0 Å². The lowest BCUT2D eigenvalue weighted by atomic mass is 9.88. The summed E-state index contributed by atoms with van der Waals surface area (Å²) < 4.78 is 26.6. The first-order chi connectivity index (χ1) is 14.0. The minimum Gasteiger partial charge on any atom is -0.454 e. The number of carbonyl (C=O) groups excluding carboxylic acids is 1. The van der Waals surface area contributed by atoms with Gasteiger partial charge in [0.25, 0.3) is 0 Å². The largest absolute Gasteiger partial charge is 0.454 e. The molecule has 1 unspecified atom stereocenters. The van der Waals surface area contributed by atoms with Gasteiger partial charge in [-0.3, -0.25) is 4.79 Å². The number of hydrogen-bond donors (Lipinski definition) is 2. The van der Waals surface area contributed by atoms with Gasteiger partial charge in [-0.2, -0.15) is 0 Å². The zero-order valence-electron chi connectivity index (χ0n) is 18.0. The summed E-state index contributed by atoms with van der Waals surface area (Å²) in [5.41, 5.74) is 5.65. The molecule has 0 radical (unpaired) electrons. The van der Waals surface area contributed by atoms with Crippen LogP contribution in [0.5, 0.6) is 0 Å². The van der Waals surface area contributed by atoms with Crippen molar-refractivity contribution in [2.24, 2.45) is 5.92 Å². The van der Waals surface area contributed by atoms with Crippen LogP contribution in [0.15, 0.2) is 27.9 Å². The number of ketones is 1. The molecule has 0 aliphatic heterocycles. The molecular weight excluding hydrogens is 398 g/mol. The quantitative estimate of drug-likeness (QED) is 0.647. The third kappa shape index (κ3) is 4.40. The molecule has 5 nitrogen and oxygen atoms in total. The molecule has 2 aliphatic carbocycles. The summed E-state index contributed by atoms with van der Waals surface area (Å²) in [6.45, 7) is 5.33. The van der Waals surface area contributed by atoms with E-state index in [-0.39, 0.29) is 23.0 Å². The van der Waals surface area contributed by atoms with Gasteiger partial charge in [-0.15, -0.1) is 0 Å². The fourth-order valence-electron chi connectivity index (χ4n) is 4.50. The average molecular weight is 430 g/mol. The van der Waals surface area contributed by atoms with Crippen LogP contribution in [0.1, 0.15) is 66.5 Å². The lowest BCUT2D eigenvalue weighted by Crippen LogP contribution is -2.19. The van der Waals surface area contributed by atoms with Crippen LogP contribution in [-0.2, 0) is 45.8 Å². The number of furan rings is 1. The third-order valence-corrected chi connectivity index (χ3v) is 7.98. The number of rotatable bonds is 8. The Kier molecular flexibility index (Phi) is 5.43. The predicted octanol–water partition coefficient (Wildman–Crippen LogP) is 4.47. The monoisotopic (exact) mass is 429 g/mol. The predicted molar refractivity (Wildman–Crippen MR) is 116 cm³/mol. The van der Waals surface area contributed by atoms with Gasteiger partial charge in [-0.25, -0.2) is 8.99 Å². The Labute approximate surface area is 178 Å². The minimum atomic E-state index is -3.39. The SMILES string of the molecule is Cc1cc2c(c(CC(=O)CS(=N)(=O)c3cc(C(C)(C)O)co3)c1CC1CC1)CCC2. The van der Waals surface area contributed by atoms with E-state index < -0.39 is 15.3 Å². The molecule has 2 aliphatic rings. The number of benzene rings is 1. The second-order valence-electron chi connectivity index (χ2n) is 9.54. The number of carbonyl (C=O) groups is 1. The molecule has 0 spiro atoms. The molecule has 6 heteroatoms. The molecule has 4 rings (SSSR count). The molecule has 0 bridgehead atoms.